The quantitative estimate of drug-likeness (QED) is 0.856. The zero-order valence-corrected chi connectivity index (χ0v) is 14.4. The van der Waals surface area contributed by atoms with E-state index in [0.29, 0.717) is 0 Å². The van der Waals surface area contributed by atoms with Crippen molar-refractivity contribution in [1.82, 2.24) is 0 Å². The van der Waals surface area contributed by atoms with Crippen molar-refractivity contribution in [1.29, 1.82) is 0 Å². The van der Waals surface area contributed by atoms with Gasteiger partial charge in [-0.05, 0) is 55.0 Å². The third-order valence-corrected chi connectivity index (χ3v) is 3.97. The molecule has 0 spiro atoms. The summed E-state index contributed by atoms with van der Waals surface area (Å²) in [5.74, 6) is 0.640. The van der Waals surface area contributed by atoms with Gasteiger partial charge >= 0.3 is 0 Å². The van der Waals surface area contributed by atoms with Gasteiger partial charge in [0.1, 0.15) is 5.75 Å². The Morgan fingerprint density at radius 1 is 1.04 bits per heavy atom. The fraction of sp³-hybridized carbons (Fsp3) is 0.350. The Bertz CT molecular complexity index is 670. The van der Waals surface area contributed by atoms with Gasteiger partial charge < -0.3 is 10.1 Å². The molecular formula is C20H25NO2. The number of aryl methyl sites for hydroxylation is 4. The van der Waals surface area contributed by atoms with Crippen molar-refractivity contribution >= 4 is 11.6 Å². The normalized spacial score (nSPS) is 10.4. The van der Waals surface area contributed by atoms with E-state index in [9.17, 15) is 4.79 Å². The summed E-state index contributed by atoms with van der Waals surface area (Å²) in [4.78, 5) is 12.3. The number of hydrogen-bond acceptors (Lipinski definition) is 2. The maximum absolute atomic E-state index is 12.3. The number of carbonyl (C=O) groups is 1. The summed E-state index contributed by atoms with van der Waals surface area (Å²) in [5.41, 5.74) is 5.41. The number of rotatable bonds is 6. The van der Waals surface area contributed by atoms with Crippen molar-refractivity contribution in [3.05, 3.63) is 58.7 Å². The van der Waals surface area contributed by atoms with Crippen LogP contribution in [-0.4, -0.2) is 12.5 Å². The van der Waals surface area contributed by atoms with Crippen molar-refractivity contribution in [2.75, 3.05) is 11.9 Å². The van der Waals surface area contributed by atoms with Crippen LogP contribution in [0.3, 0.4) is 0 Å². The lowest BCUT2D eigenvalue weighted by molar-refractivity contribution is -0.118. The van der Waals surface area contributed by atoms with E-state index in [4.69, 9.17) is 4.74 Å². The van der Waals surface area contributed by atoms with Crippen LogP contribution in [0.25, 0.3) is 0 Å². The van der Waals surface area contributed by atoms with E-state index < -0.39 is 0 Å². The van der Waals surface area contributed by atoms with Gasteiger partial charge in [-0.25, -0.2) is 0 Å². The maximum atomic E-state index is 12.3. The highest BCUT2D eigenvalue weighted by molar-refractivity contribution is 5.93. The van der Waals surface area contributed by atoms with Gasteiger partial charge in [-0.1, -0.05) is 44.2 Å². The molecule has 3 nitrogen and oxygen atoms in total. The molecular weight excluding hydrogens is 286 g/mol. The molecule has 0 radical (unpaired) electrons. The zero-order chi connectivity index (χ0) is 16.8. The number of amides is 1. The predicted octanol–water partition coefficient (Wildman–Crippen LogP) is 4.45. The van der Waals surface area contributed by atoms with Crippen molar-refractivity contribution in [3.8, 4) is 5.75 Å². The molecule has 23 heavy (non-hydrogen) atoms. The van der Waals surface area contributed by atoms with Gasteiger partial charge in [0, 0.05) is 5.69 Å². The minimum atomic E-state index is -0.124. The lowest BCUT2D eigenvalue weighted by atomic mass is 10.0. The Balaban J connectivity index is 2.07. The number of anilines is 1. The average Bonchev–Trinajstić information content (AvgIpc) is 2.55. The Hall–Kier alpha value is -2.29. The average molecular weight is 311 g/mol. The molecule has 2 rings (SSSR count). The summed E-state index contributed by atoms with van der Waals surface area (Å²) >= 11 is 0. The highest BCUT2D eigenvalue weighted by Crippen LogP contribution is 2.23. The standard InChI is InChI=1S/C20H25NO2/c1-5-16-8-7-9-17(6-2)20(16)21-19(22)13-23-18-12-14(3)10-11-15(18)4/h7-12H,5-6,13H2,1-4H3,(H,21,22). The Morgan fingerprint density at radius 3 is 2.30 bits per heavy atom. The fourth-order valence-corrected chi connectivity index (χ4v) is 2.58. The van der Waals surface area contributed by atoms with Crippen molar-refractivity contribution in [2.24, 2.45) is 0 Å². The Labute approximate surface area is 138 Å². The molecule has 2 aromatic carbocycles. The number of carbonyl (C=O) groups excluding carboxylic acids is 1. The number of nitrogens with one attached hydrogen (secondary N) is 1. The molecule has 1 N–H and O–H groups in total. The van der Waals surface area contributed by atoms with Gasteiger partial charge in [-0.15, -0.1) is 0 Å². The molecule has 0 aliphatic heterocycles. The lowest BCUT2D eigenvalue weighted by Gasteiger charge is -2.15. The van der Waals surface area contributed by atoms with E-state index in [1.807, 2.05) is 38.1 Å². The van der Waals surface area contributed by atoms with Gasteiger partial charge in [0.15, 0.2) is 6.61 Å². The van der Waals surface area contributed by atoms with Crippen molar-refractivity contribution < 1.29 is 9.53 Å². The molecule has 0 aliphatic carbocycles. The fourth-order valence-electron chi connectivity index (χ4n) is 2.58. The number of para-hydroxylation sites is 1. The molecule has 0 saturated carbocycles. The summed E-state index contributed by atoms with van der Waals surface area (Å²) in [6, 6.07) is 12.2. The van der Waals surface area contributed by atoms with Gasteiger partial charge in [-0.3, -0.25) is 4.79 Å². The van der Waals surface area contributed by atoms with E-state index >= 15 is 0 Å². The van der Waals surface area contributed by atoms with Crippen LogP contribution in [0, 0.1) is 13.8 Å². The molecule has 2 aromatic rings. The van der Waals surface area contributed by atoms with E-state index in [0.717, 1.165) is 46.5 Å². The van der Waals surface area contributed by atoms with Crippen LogP contribution in [0.2, 0.25) is 0 Å². The largest absolute Gasteiger partial charge is 0.483 e. The highest BCUT2D eigenvalue weighted by atomic mass is 16.5. The molecule has 0 unspecified atom stereocenters. The van der Waals surface area contributed by atoms with E-state index in [-0.39, 0.29) is 12.5 Å². The summed E-state index contributed by atoms with van der Waals surface area (Å²) in [5, 5.41) is 3.02. The van der Waals surface area contributed by atoms with Crippen LogP contribution >= 0.6 is 0 Å². The molecule has 0 aromatic heterocycles. The third kappa shape index (κ3) is 4.35. The smallest absolute Gasteiger partial charge is 0.262 e. The van der Waals surface area contributed by atoms with Gasteiger partial charge in [0.2, 0.25) is 0 Å². The van der Waals surface area contributed by atoms with Gasteiger partial charge in [0.05, 0.1) is 0 Å². The molecule has 0 fully saturated rings. The first-order valence-electron chi connectivity index (χ1n) is 8.15. The van der Waals surface area contributed by atoms with Crippen LogP contribution in [-0.2, 0) is 17.6 Å². The Morgan fingerprint density at radius 2 is 1.70 bits per heavy atom. The van der Waals surface area contributed by atoms with Crippen LogP contribution in [0.5, 0.6) is 5.75 Å². The molecule has 122 valence electrons. The number of hydrogen-bond donors (Lipinski definition) is 1. The number of ether oxygens (including phenoxy) is 1. The number of benzene rings is 2. The first kappa shape index (κ1) is 17.1. The van der Waals surface area contributed by atoms with E-state index in [2.05, 4.69) is 31.3 Å². The molecule has 3 heteroatoms. The zero-order valence-electron chi connectivity index (χ0n) is 14.4. The second-order valence-electron chi connectivity index (χ2n) is 5.76. The minimum Gasteiger partial charge on any atom is -0.483 e. The summed E-state index contributed by atoms with van der Waals surface area (Å²) in [6.45, 7) is 8.20. The predicted molar refractivity (Wildman–Crippen MR) is 95.2 cm³/mol. The SMILES string of the molecule is CCc1cccc(CC)c1NC(=O)COc1cc(C)ccc1C. The molecule has 0 atom stereocenters. The summed E-state index contributed by atoms with van der Waals surface area (Å²) < 4.78 is 5.69. The molecule has 0 aliphatic rings. The maximum Gasteiger partial charge on any atom is 0.262 e. The Kier molecular flexibility index (Phi) is 5.80. The van der Waals surface area contributed by atoms with E-state index in [1.165, 1.54) is 0 Å². The van der Waals surface area contributed by atoms with Crippen LogP contribution < -0.4 is 10.1 Å². The first-order valence-corrected chi connectivity index (χ1v) is 8.15. The molecule has 0 saturated heterocycles. The van der Waals surface area contributed by atoms with Gasteiger partial charge in [0.25, 0.3) is 5.91 Å². The van der Waals surface area contributed by atoms with Crippen LogP contribution in [0.1, 0.15) is 36.1 Å². The van der Waals surface area contributed by atoms with E-state index in [1.54, 1.807) is 0 Å². The third-order valence-electron chi connectivity index (χ3n) is 3.97. The van der Waals surface area contributed by atoms with Gasteiger partial charge in [-0.2, -0.15) is 0 Å². The summed E-state index contributed by atoms with van der Waals surface area (Å²) in [6.07, 6.45) is 1.78. The molecule has 1 amide bonds. The lowest BCUT2D eigenvalue weighted by Crippen LogP contribution is -2.22. The second-order valence-corrected chi connectivity index (χ2v) is 5.76. The van der Waals surface area contributed by atoms with Crippen molar-refractivity contribution in [3.63, 3.8) is 0 Å². The van der Waals surface area contributed by atoms with Crippen LogP contribution in [0.15, 0.2) is 36.4 Å². The summed E-state index contributed by atoms with van der Waals surface area (Å²) in [7, 11) is 0. The van der Waals surface area contributed by atoms with Crippen LogP contribution in [0.4, 0.5) is 5.69 Å². The first-order chi connectivity index (χ1) is 11.0. The molecule has 0 heterocycles. The highest BCUT2D eigenvalue weighted by Gasteiger charge is 2.11. The van der Waals surface area contributed by atoms with Crippen molar-refractivity contribution in [2.45, 2.75) is 40.5 Å². The molecule has 0 bridgehead atoms. The topological polar surface area (TPSA) is 38.3 Å². The minimum absolute atomic E-state index is 0.0193. The monoisotopic (exact) mass is 311 g/mol. The second kappa shape index (κ2) is 7.82.